The van der Waals surface area contributed by atoms with Crippen LogP contribution in [0.3, 0.4) is 0 Å². The van der Waals surface area contributed by atoms with Crippen molar-refractivity contribution in [1.82, 2.24) is 4.90 Å². The molecular formula is C21H25NO. The summed E-state index contributed by atoms with van der Waals surface area (Å²) < 4.78 is 5.68. The molecule has 0 aromatic heterocycles. The molecule has 1 saturated heterocycles. The summed E-state index contributed by atoms with van der Waals surface area (Å²) in [7, 11) is 0. The van der Waals surface area contributed by atoms with Crippen molar-refractivity contribution in [2.24, 2.45) is 5.92 Å². The van der Waals surface area contributed by atoms with Crippen LogP contribution in [0.4, 0.5) is 0 Å². The largest absolute Gasteiger partial charge is 0.494 e. The van der Waals surface area contributed by atoms with Crippen LogP contribution in [0.25, 0.3) is 0 Å². The third kappa shape index (κ3) is 3.13. The van der Waals surface area contributed by atoms with Crippen LogP contribution < -0.4 is 4.74 Å². The van der Waals surface area contributed by atoms with Gasteiger partial charge in [0.15, 0.2) is 0 Å². The van der Waals surface area contributed by atoms with E-state index in [1.807, 2.05) is 0 Å². The van der Waals surface area contributed by atoms with Crippen LogP contribution in [0, 0.1) is 5.92 Å². The Labute approximate surface area is 139 Å². The van der Waals surface area contributed by atoms with E-state index in [1.54, 1.807) is 5.56 Å². The molecule has 2 bridgehead atoms. The zero-order valence-corrected chi connectivity index (χ0v) is 13.9. The van der Waals surface area contributed by atoms with E-state index in [2.05, 4.69) is 60.4 Å². The molecule has 0 N–H and O–H groups in total. The fourth-order valence-corrected chi connectivity index (χ4v) is 4.37. The number of fused-ring (bicyclic) bond motifs is 4. The van der Waals surface area contributed by atoms with Gasteiger partial charge >= 0.3 is 0 Å². The highest BCUT2D eigenvalue weighted by molar-refractivity contribution is 5.40. The number of hydrogen-bond donors (Lipinski definition) is 0. The molecule has 2 nitrogen and oxygen atoms in total. The molecule has 0 amide bonds. The Hall–Kier alpha value is -1.80. The predicted molar refractivity (Wildman–Crippen MR) is 93.9 cm³/mol. The highest BCUT2D eigenvalue weighted by Crippen LogP contribution is 2.40. The lowest BCUT2D eigenvalue weighted by Crippen LogP contribution is -2.42. The fourth-order valence-electron chi connectivity index (χ4n) is 4.37. The van der Waals surface area contributed by atoms with E-state index in [-0.39, 0.29) is 0 Å². The molecule has 1 aliphatic carbocycles. The van der Waals surface area contributed by atoms with E-state index >= 15 is 0 Å². The summed E-state index contributed by atoms with van der Waals surface area (Å²) in [5.41, 5.74) is 4.51. The van der Waals surface area contributed by atoms with Crippen LogP contribution in [0.15, 0.2) is 48.5 Å². The van der Waals surface area contributed by atoms with Crippen molar-refractivity contribution in [3.8, 4) is 5.75 Å². The number of likely N-dealkylation sites (tertiary alicyclic amines) is 1. The Kier molecular flexibility index (Phi) is 4.09. The highest BCUT2D eigenvalue weighted by atomic mass is 16.5. The number of hydrogen-bond acceptors (Lipinski definition) is 2. The molecule has 2 aromatic carbocycles. The van der Waals surface area contributed by atoms with Crippen LogP contribution in [0.2, 0.25) is 0 Å². The van der Waals surface area contributed by atoms with Gasteiger partial charge in [0.05, 0.1) is 6.61 Å². The molecule has 1 fully saturated rings. The third-order valence-corrected chi connectivity index (χ3v) is 5.24. The van der Waals surface area contributed by atoms with Crippen molar-refractivity contribution in [2.75, 3.05) is 19.7 Å². The summed E-state index contributed by atoms with van der Waals surface area (Å²) in [5.74, 6) is 2.52. The van der Waals surface area contributed by atoms with Crippen molar-refractivity contribution in [3.05, 3.63) is 65.2 Å². The second-order valence-corrected chi connectivity index (χ2v) is 6.98. The third-order valence-electron chi connectivity index (χ3n) is 5.24. The van der Waals surface area contributed by atoms with Crippen LogP contribution in [-0.4, -0.2) is 24.6 Å². The van der Waals surface area contributed by atoms with Crippen molar-refractivity contribution in [3.63, 3.8) is 0 Å². The van der Waals surface area contributed by atoms with Gasteiger partial charge in [0.1, 0.15) is 5.75 Å². The molecule has 1 heterocycles. The van der Waals surface area contributed by atoms with Crippen molar-refractivity contribution in [2.45, 2.75) is 32.2 Å². The van der Waals surface area contributed by atoms with E-state index in [0.29, 0.717) is 5.92 Å². The molecule has 2 heteroatoms. The Bertz CT molecular complexity index is 667. The maximum absolute atomic E-state index is 5.68. The predicted octanol–water partition coefficient (Wildman–Crippen LogP) is 4.25. The number of rotatable bonds is 4. The lowest BCUT2D eigenvalue weighted by molar-refractivity contribution is 0.138. The topological polar surface area (TPSA) is 12.5 Å². The molecule has 2 unspecified atom stereocenters. The first-order valence-electron chi connectivity index (χ1n) is 8.83. The van der Waals surface area contributed by atoms with E-state index < -0.39 is 0 Å². The first-order valence-corrected chi connectivity index (χ1v) is 8.83. The standard InChI is InChI=1S/C21H25NO/c1-2-23-20-8-9-21-18(12-20)10-17-11-19(21)15-22(14-17)13-16-6-4-3-5-7-16/h3-9,12,17,19H,2,10-11,13-15H2,1H3. The van der Waals surface area contributed by atoms with E-state index in [1.165, 1.54) is 37.1 Å². The Morgan fingerprint density at radius 3 is 2.78 bits per heavy atom. The van der Waals surface area contributed by atoms with Gasteiger partial charge < -0.3 is 4.74 Å². The Balaban J connectivity index is 1.52. The molecule has 120 valence electrons. The number of ether oxygens (including phenoxy) is 1. The Morgan fingerprint density at radius 2 is 1.96 bits per heavy atom. The molecule has 23 heavy (non-hydrogen) atoms. The molecule has 1 aliphatic heterocycles. The lowest BCUT2D eigenvalue weighted by atomic mass is 9.74. The minimum Gasteiger partial charge on any atom is -0.494 e. The van der Waals surface area contributed by atoms with Gasteiger partial charge in [0.25, 0.3) is 0 Å². The fraction of sp³-hybridized carbons (Fsp3) is 0.429. The first-order chi connectivity index (χ1) is 11.3. The van der Waals surface area contributed by atoms with Crippen molar-refractivity contribution >= 4 is 0 Å². The summed E-state index contributed by atoms with van der Waals surface area (Å²) in [4.78, 5) is 2.65. The quantitative estimate of drug-likeness (QED) is 0.837. The van der Waals surface area contributed by atoms with Gasteiger partial charge in [-0.3, -0.25) is 4.90 Å². The van der Waals surface area contributed by atoms with Gasteiger partial charge in [0.2, 0.25) is 0 Å². The minimum absolute atomic E-state index is 0.692. The first kappa shape index (κ1) is 14.8. The number of benzene rings is 2. The highest BCUT2D eigenvalue weighted by Gasteiger charge is 2.34. The maximum Gasteiger partial charge on any atom is 0.119 e. The molecule has 2 aromatic rings. The lowest BCUT2D eigenvalue weighted by Gasteiger charge is -2.42. The summed E-state index contributed by atoms with van der Waals surface area (Å²) in [5, 5.41) is 0. The van der Waals surface area contributed by atoms with Gasteiger partial charge in [-0.05, 0) is 60.4 Å². The molecule has 4 rings (SSSR count). The second-order valence-electron chi connectivity index (χ2n) is 6.98. The monoisotopic (exact) mass is 307 g/mol. The average molecular weight is 307 g/mol. The summed E-state index contributed by atoms with van der Waals surface area (Å²) in [6.45, 7) is 6.29. The van der Waals surface area contributed by atoms with Crippen LogP contribution in [-0.2, 0) is 13.0 Å². The van der Waals surface area contributed by atoms with Gasteiger partial charge in [-0.15, -0.1) is 0 Å². The molecule has 2 atom stereocenters. The van der Waals surface area contributed by atoms with E-state index in [9.17, 15) is 0 Å². The second kappa shape index (κ2) is 6.37. The maximum atomic E-state index is 5.68. The van der Waals surface area contributed by atoms with Gasteiger partial charge in [0, 0.05) is 19.6 Å². The van der Waals surface area contributed by atoms with Crippen molar-refractivity contribution in [1.29, 1.82) is 0 Å². The molecule has 2 aliphatic rings. The Morgan fingerprint density at radius 1 is 1.09 bits per heavy atom. The normalized spacial score (nSPS) is 23.3. The summed E-state index contributed by atoms with van der Waals surface area (Å²) >= 11 is 0. The summed E-state index contributed by atoms with van der Waals surface area (Å²) in [6, 6.07) is 17.6. The molecule has 0 saturated carbocycles. The molecular weight excluding hydrogens is 282 g/mol. The average Bonchev–Trinajstić information content (AvgIpc) is 2.55. The number of nitrogens with zero attached hydrogens (tertiary/aromatic N) is 1. The van der Waals surface area contributed by atoms with Crippen LogP contribution in [0.5, 0.6) is 5.75 Å². The van der Waals surface area contributed by atoms with Gasteiger partial charge in [-0.25, -0.2) is 0 Å². The van der Waals surface area contributed by atoms with Crippen molar-refractivity contribution < 1.29 is 4.74 Å². The summed E-state index contributed by atoms with van der Waals surface area (Å²) in [6.07, 6.45) is 2.56. The molecule has 0 spiro atoms. The van der Waals surface area contributed by atoms with E-state index in [4.69, 9.17) is 4.74 Å². The van der Waals surface area contributed by atoms with Crippen LogP contribution in [0.1, 0.15) is 36.0 Å². The SMILES string of the molecule is CCOc1ccc2c(c1)CC1CC2CN(Cc2ccccc2)C1. The van der Waals surface area contributed by atoms with E-state index in [0.717, 1.165) is 24.8 Å². The molecule has 0 radical (unpaired) electrons. The van der Waals surface area contributed by atoms with Crippen LogP contribution >= 0.6 is 0 Å². The minimum atomic E-state index is 0.692. The van der Waals surface area contributed by atoms with Gasteiger partial charge in [-0.2, -0.15) is 0 Å². The zero-order chi connectivity index (χ0) is 15.6. The smallest absolute Gasteiger partial charge is 0.119 e. The number of piperidine rings is 1. The zero-order valence-electron chi connectivity index (χ0n) is 13.9. The van der Waals surface area contributed by atoms with Gasteiger partial charge in [-0.1, -0.05) is 36.4 Å².